The molecule has 1 saturated carbocycles. The molecule has 1 aromatic rings. The van der Waals surface area contributed by atoms with Crippen molar-refractivity contribution in [2.45, 2.75) is 37.9 Å². The highest BCUT2D eigenvalue weighted by atomic mass is 15.3. The maximum absolute atomic E-state index is 5.91. The van der Waals surface area contributed by atoms with E-state index in [1.807, 2.05) is 6.33 Å². The molecule has 0 amide bonds. The second-order valence-electron chi connectivity index (χ2n) is 4.64. The summed E-state index contributed by atoms with van der Waals surface area (Å²) in [7, 11) is 0. The number of hydrogen-bond donors (Lipinski definition) is 1. The van der Waals surface area contributed by atoms with Crippen LogP contribution in [0.4, 0.5) is 0 Å². The Labute approximate surface area is 89.3 Å². The molecule has 1 aliphatic carbocycles. The molecule has 1 fully saturated rings. The minimum atomic E-state index is 0.275. The zero-order valence-corrected chi connectivity index (χ0v) is 8.89. The van der Waals surface area contributed by atoms with E-state index in [-0.39, 0.29) is 5.54 Å². The van der Waals surface area contributed by atoms with Crippen molar-refractivity contribution in [3.8, 4) is 0 Å². The molecule has 0 unspecified atom stereocenters. The fourth-order valence-electron chi connectivity index (χ4n) is 2.71. The molecule has 3 rings (SSSR count). The lowest BCUT2D eigenvalue weighted by Crippen LogP contribution is -2.59. The lowest BCUT2D eigenvalue weighted by molar-refractivity contribution is 0.00160. The van der Waals surface area contributed by atoms with Crippen molar-refractivity contribution in [2.75, 3.05) is 13.1 Å². The van der Waals surface area contributed by atoms with Crippen LogP contribution in [0.25, 0.3) is 0 Å². The minimum Gasteiger partial charge on any atom is -0.329 e. The molecule has 2 aliphatic rings. The standard InChI is InChI=1S/C10H17N5/c11-7-10(2-1-3-10)15-5-4-14-8-12-13-9(14)6-15/h8H,1-7,11H2. The lowest BCUT2D eigenvalue weighted by Gasteiger charge is -2.50. The van der Waals surface area contributed by atoms with Crippen molar-refractivity contribution in [1.82, 2.24) is 19.7 Å². The van der Waals surface area contributed by atoms with E-state index in [4.69, 9.17) is 5.73 Å². The van der Waals surface area contributed by atoms with Gasteiger partial charge < -0.3 is 10.3 Å². The van der Waals surface area contributed by atoms with Crippen LogP contribution in [-0.2, 0) is 13.1 Å². The molecule has 0 bridgehead atoms. The van der Waals surface area contributed by atoms with Gasteiger partial charge in [-0.15, -0.1) is 10.2 Å². The van der Waals surface area contributed by atoms with Gasteiger partial charge in [0.15, 0.2) is 0 Å². The predicted molar refractivity (Wildman–Crippen MR) is 56.1 cm³/mol. The first-order valence-corrected chi connectivity index (χ1v) is 5.66. The fourth-order valence-corrected chi connectivity index (χ4v) is 2.71. The van der Waals surface area contributed by atoms with Crippen LogP contribution in [-0.4, -0.2) is 38.3 Å². The van der Waals surface area contributed by atoms with Crippen LogP contribution in [0.15, 0.2) is 6.33 Å². The van der Waals surface area contributed by atoms with Gasteiger partial charge in [-0.25, -0.2) is 0 Å². The van der Waals surface area contributed by atoms with E-state index < -0.39 is 0 Å². The summed E-state index contributed by atoms with van der Waals surface area (Å²) >= 11 is 0. The van der Waals surface area contributed by atoms with Gasteiger partial charge >= 0.3 is 0 Å². The molecular formula is C10H17N5. The van der Waals surface area contributed by atoms with E-state index in [0.29, 0.717) is 0 Å². The first kappa shape index (κ1) is 9.30. The van der Waals surface area contributed by atoms with Crippen LogP contribution in [0, 0.1) is 0 Å². The van der Waals surface area contributed by atoms with Gasteiger partial charge in [-0.1, -0.05) is 0 Å². The average Bonchev–Trinajstić information content (AvgIpc) is 2.64. The summed E-state index contributed by atoms with van der Waals surface area (Å²) in [6.45, 7) is 3.78. The molecule has 0 aromatic carbocycles. The third kappa shape index (κ3) is 1.30. The van der Waals surface area contributed by atoms with Crippen LogP contribution >= 0.6 is 0 Å². The van der Waals surface area contributed by atoms with Crippen LogP contribution in [0.1, 0.15) is 25.1 Å². The Hall–Kier alpha value is -0.940. The van der Waals surface area contributed by atoms with E-state index in [1.54, 1.807) is 0 Å². The van der Waals surface area contributed by atoms with Crippen molar-refractivity contribution >= 4 is 0 Å². The fraction of sp³-hybridized carbons (Fsp3) is 0.800. The van der Waals surface area contributed by atoms with Gasteiger partial charge in [0, 0.05) is 25.2 Å². The van der Waals surface area contributed by atoms with Crippen LogP contribution in [0.2, 0.25) is 0 Å². The zero-order valence-electron chi connectivity index (χ0n) is 8.89. The van der Waals surface area contributed by atoms with Crippen LogP contribution in [0.3, 0.4) is 0 Å². The van der Waals surface area contributed by atoms with E-state index >= 15 is 0 Å². The van der Waals surface area contributed by atoms with Gasteiger partial charge in [0.2, 0.25) is 0 Å². The largest absolute Gasteiger partial charge is 0.329 e. The molecule has 0 spiro atoms. The Bertz CT molecular complexity index is 349. The van der Waals surface area contributed by atoms with Gasteiger partial charge in [0.05, 0.1) is 6.54 Å². The van der Waals surface area contributed by atoms with Crippen molar-refractivity contribution in [3.63, 3.8) is 0 Å². The summed E-state index contributed by atoms with van der Waals surface area (Å²) in [6, 6.07) is 0. The summed E-state index contributed by atoms with van der Waals surface area (Å²) < 4.78 is 2.14. The number of nitrogens with zero attached hydrogens (tertiary/aromatic N) is 4. The van der Waals surface area contributed by atoms with Gasteiger partial charge in [0.1, 0.15) is 12.2 Å². The van der Waals surface area contributed by atoms with Gasteiger partial charge in [-0.05, 0) is 19.3 Å². The van der Waals surface area contributed by atoms with Crippen molar-refractivity contribution in [2.24, 2.45) is 5.73 Å². The summed E-state index contributed by atoms with van der Waals surface area (Å²) in [5.41, 5.74) is 6.19. The Kier molecular flexibility index (Phi) is 2.03. The molecule has 15 heavy (non-hydrogen) atoms. The average molecular weight is 207 g/mol. The van der Waals surface area contributed by atoms with Gasteiger partial charge in [-0.2, -0.15) is 0 Å². The lowest BCUT2D eigenvalue weighted by atomic mass is 9.75. The highest BCUT2D eigenvalue weighted by molar-refractivity contribution is 5.02. The second-order valence-corrected chi connectivity index (χ2v) is 4.64. The highest BCUT2D eigenvalue weighted by Gasteiger charge is 2.42. The molecule has 5 heteroatoms. The third-order valence-corrected chi connectivity index (χ3v) is 3.97. The molecular weight excluding hydrogens is 190 g/mol. The molecule has 5 nitrogen and oxygen atoms in total. The maximum Gasteiger partial charge on any atom is 0.147 e. The molecule has 0 radical (unpaired) electrons. The van der Waals surface area contributed by atoms with E-state index in [0.717, 1.165) is 32.0 Å². The SMILES string of the molecule is NCC1(N2CCn3cnnc3C2)CCC1. The molecule has 82 valence electrons. The summed E-state index contributed by atoms with van der Waals surface area (Å²) in [4.78, 5) is 2.50. The molecule has 2 N–H and O–H groups in total. The quantitative estimate of drug-likeness (QED) is 0.740. The summed E-state index contributed by atoms with van der Waals surface area (Å²) in [6.07, 6.45) is 5.64. The summed E-state index contributed by atoms with van der Waals surface area (Å²) in [5.74, 6) is 1.08. The van der Waals surface area contributed by atoms with Crippen LogP contribution < -0.4 is 5.73 Å². The topological polar surface area (TPSA) is 60.0 Å². The number of rotatable bonds is 2. The van der Waals surface area contributed by atoms with E-state index in [1.165, 1.54) is 19.3 Å². The third-order valence-electron chi connectivity index (χ3n) is 3.97. The first-order chi connectivity index (χ1) is 7.34. The van der Waals surface area contributed by atoms with Crippen molar-refractivity contribution < 1.29 is 0 Å². The maximum atomic E-state index is 5.91. The van der Waals surface area contributed by atoms with Gasteiger partial charge in [-0.3, -0.25) is 4.90 Å². The van der Waals surface area contributed by atoms with Crippen molar-refractivity contribution in [1.29, 1.82) is 0 Å². The van der Waals surface area contributed by atoms with Crippen LogP contribution in [0.5, 0.6) is 0 Å². The molecule has 1 aromatic heterocycles. The Morgan fingerprint density at radius 3 is 2.93 bits per heavy atom. The van der Waals surface area contributed by atoms with Gasteiger partial charge in [0.25, 0.3) is 0 Å². The van der Waals surface area contributed by atoms with E-state index in [9.17, 15) is 0 Å². The predicted octanol–water partition coefficient (Wildman–Crippen LogP) is -0.0249. The number of nitrogens with two attached hydrogens (primary N) is 1. The number of fused-ring (bicyclic) bond motifs is 1. The summed E-state index contributed by atoms with van der Waals surface area (Å²) in [5, 5.41) is 8.09. The molecule has 2 heterocycles. The Balaban J connectivity index is 1.80. The Morgan fingerprint density at radius 2 is 2.27 bits per heavy atom. The molecule has 0 saturated heterocycles. The Morgan fingerprint density at radius 1 is 1.40 bits per heavy atom. The normalized spacial score (nSPS) is 24.6. The first-order valence-electron chi connectivity index (χ1n) is 5.66. The highest BCUT2D eigenvalue weighted by Crippen LogP contribution is 2.38. The smallest absolute Gasteiger partial charge is 0.147 e. The minimum absolute atomic E-state index is 0.275. The number of hydrogen-bond acceptors (Lipinski definition) is 4. The van der Waals surface area contributed by atoms with Crippen molar-refractivity contribution in [3.05, 3.63) is 12.2 Å². The molecule has 0 atom stereocenters. The number of aromatic nitrogens is 3. The molecule has 1 aliphatic heterocycles. The van der Waals surface area contributed by atoms with E-state index in [2.05, 4.69) is 19.7 Å². The zero-order chi connectivity index (χ0) is 10.3. The monoisotopic (exact) mass is 207 g/mol. The second kappa shape index (κ2) is 3.28.